The van der Waals surface area contributed by atoms with Gasteiger partial charge in [-0.3, -0.25) is 24.5 Å². The summed E-state index contributed by atoms with van der Waals surface area (Å²) in [7, 11) is 1.39. The molecule has 190 valence electrons. The number of hydrogen-bond donors (Lipinski definition) is 1. The highest BCUT2D eigenvalue weighted by atomic mass is 79.9. The number of methoxy groups -OCH3 is 1. The van der Waals surface area contributed by atoms with E-state index in [1.807, 2.05) is 19.1 Å². The Bertz CT molecular complexity index is 1410. The lowest BCUT2D eigenvalue weighted by Gasteiger charge is -2.29. The van der Waals surface area contributed by atoms with Gasteiger partial charge in [-0.25, -0.2) is 9.96 Å². The Morgan fingerprint density at radius 1 is 1.08 bits per heavy atom. The van der Waals surface area contributed by atoms with Crippen molar-refractivity contribution in [2.24, 2.45) is 5.92 Å². The molecule has 0 saturated carbocycles. The number of hydroxylamine groups is 1. The van der Waals surface area contributed by atoms with Gasteiger partial charge in [-0.05, 0) is 63.8 Å². The van der Waals surface area contributed by atoms with E-state index in [2.05, 4.69) is 15.9 Å². The van der Waals surface area contributed by atoms with Crippen LogP contribution in [-0.4, -0.2) is 35.1 Å². The summed E-state index contributed by atoms with van der Waals surface area (Å²) in [5, 5.41) is 23.1. The maximum atomic E-state index is 13.8. The Balaban J connectivity index is 1.62. The van der Waals surface area contributed by atoms with Gasteiger partial charge >= 0.3 is 0 Å². The third-order valence-corrected chi connectivity index (χ3v) is 7.23. The number of nitrogens with zero attached hydrogens (tertiary/aromatic N) is 3. The van der Waals surface area contributed by atoms with Crippen LogP contribution in [0.15, 0.2) is 65.1 Å². The average molecular weight is 568 g/mol. The lowest BCUT2D eigenvalue weighted by molar-refractivity contribution is -0.384. The lowest BCUT2D eigenvalue weighted by Crippen LogP contribution is -2.37. The van der Waals surface area contributed by atoms with Crippen LogP contribution in [0.1, 0.15) is 24.1 Å². The number of hydrogen-bond acceptors (Lipinski definition) is 8. The molecule has 5 rings (SSSR count). The van der Waals surface area contributed by atoms with E-state index in [9.17, 15) is 24.8 Å². The van der Waals surface area contributed by atoms with E-state index in [-0.39, 0.29) is 17.2 Å². The first-order valence-corrected chi connectivity index (χ1v) is 12.3. The summed E-state index contributed by atoms with van der Waals surface area (Å²) >= 11 is 3.31. The number of amides is 2. The first-order valence-electron chi connectivity index (χ1n) is 11.5. The summed E-state index contributed by atoms with van der Waals surface area (Å²) in [6, 6.07) is 15.2. The zero-order chi connectivity index (χ0) is 26.4. The van der Waals surface area contributed by atoms with Gasteiger partial charge in [0.25, 0.3) is 11.6 Å². The van der Waals surface area contributed by atoms with Crippen molar-refractivity contribution in [2.75, 3.05) is 17.1 Å². The van der Waals surface area contributed by atoms with Gasteiger partial charge in [0.15, 0.2) is 17.6 Å². The number of rotatable bonds is 6. The molecule has 1 N–H and O–H groups in total. The Hall–Kier alpha value is -3.96. The molecule has 3 unspecified atom stereocenters. The van der Waals surface area contributed by atoms with Gasteiger partial charge < -0.3 is 9.84 Å². The van der Waals surface area contributed by atoms with Crippen LogP contribution in [0.3, 0.4) is 0 Å². The molecular weight excluding hydrogens is 546 g/mol. The van der Waals surface area contributed by atoms with Crippen LogP contribution in [0.2, 0.25) is 0 Å². The molecule has 0 bridgehead atoms. The smallest absolute Gasteiger partial charge is 0.271 e. The standard InChI is InChI=1S/C26H22BrN3O7/c1-3-14-7-9-16(10-8-14)28-25(32)21-22(15-11-19(27)23(31)20(12-15)36-2)29(37-24(21)26(28)33)17-5-4-6-18(13-17)30(34)35/h4-13,21-22,24,31H,3H2,1-2H3. The summed E-state index contributed by atoms with van der Waals surface area (Å²) in [6.45, 7) is 2.01. The van der Waals surface area contributed by atoms with E-state index >= 15 is 0 Å². The molecular formula is C26H22BrN3O7. The Morgan fingerprint density at radius 3 is 2.46 bits per heavy atom. The Kier molecular flexibility index (Phi) is 6.34. The molecule has 3 aromatic carbocycles. The molecule has 2 fully saturated rings. The van der Waals surface area contributed by atoms with Crippen LogP contribution in [0, 0.1) is 16.0 Å². The highest BCUT2D eigenvalue weighted by Gasteiger charge is 2.60. The number of ether oxygens (including phenoxy) is 1. The van der Waals surface area contributed by atoms with E-state index in [0.717, 1.165) is 16.9 Å². The number of fused-ring (bicyclic) bond motifs is 1. The molecule has 0 radical (unpaired) electrons. The Labute approximate surface area is 220 Å². The van der Waals surface area contributed by atoms with E-state index in [4.69, 9.17) is 9.57 Å². The number of anilines is 2. The van der Waals surface area contributed by atoms with Gasteiger partial charge in [0.05, 0.1) is 33.9 Å². The number of benzene rings is 3. The number of aromatic hydroxyl groups is 1. The van der Waals surface area contributed by atoms with Crippen LogP contribution >= 0.6 is 15.9 Å². The van der Waals surface area contributed by atoms with Crippen molar-refractivity contribution in [3.8, 4) is 11.5 Å². The number of non-ortho nitro benzene ring substituents is 1. The maximum Gasteiger partial charge on any atom is 0.271 e. The minimum absolute atomic E-state index is 0.130. The minimum atomic E-state index is -1.15. The van der Waals surface area contributed by atoms with Gasteiger partial charge in [0, 0.05) is 12.1 Å². The van der Waals surface area contributed by atoms with Crippen molar-refractivity contribution in [3.63, 3.8) is 0 Å². The normalized spacial score (nSPS) is 20.9. The second-order valence-electron chi connectivity index (χ2n) is 8.68. The number of imide groups is 1. The van der Waals surface area contributed by atoms with Crippen molar-refractivity contribution in [2.45, 2.75) is 25.5 Å². The second kappa shape index (κ2) is 9.49. The molecule has 11 heteroatoms. The van der Waals surface area contributed by atoms with E-state index in [1.165, 1.54) is 30.4 Å². The molecule has 2 heterocycles. The van der Waals surface area contributed by atoms with E-state index in [0.29, 0.717) is 21.4 Å². The molecule has 0 aromatic heterocycles. The molecule has 3 atom stereocenters. The number of nitro benzene ring substituents is 1. The molecule has 2 saturated heterocycles. The third-order valence-electron chi connectivity index (χ3n) is 6.63. The van der Waals surface area contributed by atoms with Crippen molar-refractivity contribution in [3.05, 3.63) is 86.4 Å². The zero-order valence-electron chi connectivity index (χ0n) is 19.8. The predicted molar refractivity (Wildman–Crippen MR) is 137 cm³/mol. The molecule has 10 nitrogen and oxygen atoms in total. The highest BCUT2D eigenvalue weighted by Crippen LogP contribution is 2.50. The van der Waals surface area contributed by atoms with Gasteiger partial charge in [-0.1, -0.05) is 25.1 Å². The quantitative estimate of drug-likeness (QED) is 0.258. The fourth-order valence-corrected chi connectivity index (χ4v) is 5.24. The first kappa shape index (κ1) is 24.7. The number of halogens is 1. The van der Waals surface area contributed by atoms with E-state index in [1.54, 1.807) is 30.3 Å². The van der Waals surface area contributed by atoms with Crippen molar-refractivity contribution in [1.29, 1.82) is 0 Å². The van der Waals surface area contributed by atoms with Crippen LogP contribution in [0.4, 0.5) is 17.1 Å². The lowest BCUT2D eigenvalue weighted by atomic mass is 9.90. The maximum absolute atomic E-state index is 13.8. The van der Waals surface area contributed by atoms with Crippen LogP contribution in [-0.2, 0) is 20.8 Å². The second-order valence-corrected chi connectivity index (χ2v) is 9.54. The van der Waals surface area contributed by atoms with E-state index < -0.39 is 34.8 Å². The number of phenols is 1. The van der Waals surface area contributed by atoms with Crippen LogP contribution in [0.25, 0.3) is 0 Å². The molecule has 2 amide bonds. The summed E-state index contributed by atoms with van der Waals surface area (Å²) < 4.78 is 5.61. The zero-order valence-corrected chi connectivity index (χ0v) is 21.4. The fraction of sp³-hybridized carbons (Fsp3) is 0.231. The summed E-state index contributed by atoms with van der Waals surface area (Å²) in [5.41, 5.74) is 2.14. The topological polar surface area (TPSA) is 122 Å². The SMILES string of the molecule is CCc1ccc(N2C(=O)C3ON(c4cccc([N+](=O)[O-])c4)C(c4cc(Br)c(O)c(OC)c4)C3C2=O)cc1. The van der Waals surface area contributed by atoms with Crippen molar-refractivity contribution >= 4 is 44.8 Å². The Morgan fingerprint density at radius 2 is 1.81 bits per heavy atom. The van der Waals surface area contributed by atoms with Gasteiger partial charge in [-0.15, -0.1) is 0 Å². The molecule has 0 aliphatic carbocycles. The molecule has 0 spiro atoms. The van der Waals surface area contributed by atoms with Crippen LogP contribution in [0.5, 0.6) is 11.5 Å². The average Bonchev–Trinajstić information content (AvgIpc) is 3.41. The highest BCUT2D eigenvalue weighted by molar-refractivity contribution is 9.10. The molecule has 2 aliphatic rings. The third kappa shape index (κ3) is 4.09. The number of nitro groups is 1. The molecule has 3 aromatic rings. The van der Waals surface area contributed by atoms with Gasteiger partial charge in [0.2, 0.25) is 5.91 Å². The molecule has 37 heavy (non-hydrogen) atoms. The predicted octanol–water partition coefficient (Wildman–Crippen LogP) is 4.69. The summed E-state index contributed by atoms with van der Waals surface area (Å²) in [6.07, 6.45) is -0.338. The number of carbonyl (C=O) groups is 2. The van der Waals surface area contributed by atoms with Crippen molar-refractivity contribution in [1.82, 2.24) is 0 Å². The molecule has 2 aliphatic heterocycles. The van der Waals surface area contributed by atoms with Gasteiger partial charge in [-0.2, -0.15) is 0 Å². The summed E-state index contributed by atoms with van der Waals surface area (Å²) in [5.74, 6) is -1.92. The summed E-state index contributed by atoms with van der Waals surface area (Å²) in [4.78, 5) is 45.4. The number of phenolic OH excluding ortho intramolecular Hbond substituents is 1. The minimum Gasteiger partial charge on any atom is -0.503 e. The first-order chi connectivity index (χ1) is 17.7. The van der Waals surface area contributed by atoms with Crippen molar-refractivity contribution < 1.29 is 29.2 Å². The number of carbonyl (C=O) groups excluding carboxylic acids is 2. The largest absolute Gasteiger partial charge is 0.503 e. The van der Waals surface area contributed by atoms with Gasteiger partial charge in [0.1, 0.15) is 5.92 Å². The van der Waals surface area contributed by atoms with Crippen LogP contribution < -0.4 is 14.7 Å². The fourth-order valence-electron chi connectivity index (χ4n) is 4.78. The monoisotopic (exact) mass is 567 g/mol. The number of aryl methyl sites for hydroxylation is 1.